The molecule has 3 N–H and O–H groups in total. The number of hydrogen-bond acceptors (Lipinski definition) is 3. The lowest BCUT2D eigenvalue weighted by atomic mass is 9.97. The van der Waals surface area contributed by atoms with Crippen molar-refractivity contribution in [3.8, 4) is 0 Å². The zero-order chi connectivity index (χ0) is 19.0. The van der Waals surface area contributed by atoms with Crippen LogP contribution in [0.15, 0.2) is 48.7 Å². The van der Waals surface area contributed by atoms with Crippen molar-refractivity contribution in [2.45, 2.75) is 27.2 Å². The van der Waals surface area contributed by atoms with E-state index in [4.69, 9.17) is 0 Å². The monoisotopic (exact) mass is 358 g/mol. The Labute approximate surface area is 158 Å². The van der Waals surface area contributed by atoms with Crippen LogP contribution in [0.25, 0.3) is 5.57 Å². The lowest BCUT2D eigenvalue weighted by Crippen LogP contribution is -2.05. The number of nitrogens with zero attached hydrogens (tertiary/aromatic N) is 1. The van der Waals surface area contributed by atoms with Gasteiger partial charge in [0.05, 0.1) is 11.3 Å². The van der Waals surface area contributed by atoms with Crippen LogP contribution in [-0.2, 0) is 11.2 Å². The molecule has 0 fully saturated rings. The smallest absolute Gasteiger partial charge is 0.257 e. The Kier molecular flexibility index (Phi) is 4.28. The molecule has 2 aromatic carbocycles. The van der Waals surface area contributed by atoms with Gasteiger partial charge in [-0.2, -0.15) is 5.10 Å². The molecule has 2 heterocycles. The molecule has 136 valence electrons. The number of aromatic amines is 1. The minimum Gasteiger partial charge on any atom is -0.346 e. The molecule has 0 saturated carbocycles. The lowest BCUT2D eigenvalue weighted by molar-refractivity contribution is -0.110. The summed E-state index contributed by atoms with van der Waals surface area (Å²) in [6.07, 6.45) is 2.49. The molecular weight excluding hydrogens is 336 g/mol. The highest BCUT2D eigenvalue weighted by molar-refractivity contribution is 6.31. The maximum Gasteiger partial charge on any atom is 0.257 e. The van der Waals surface area contributed by atoms with Gasteiger partial charge in [0.1, 0.15) is 5.82 Å². The van der Waals surface area contributed by atoms with Gasteiger partial charge in [0.15, 0.2) is 0 Å². The molecule has 0 aliphatic carbocycles. The Morgan fingerprint density at radius 3 is 2.78 bits per heavy atom. The highest BCUT2D eigenvalue weighted by atomic mass is 16.2. The highest BCUT2D eigenvalue weighted by Gasteiger charge is 2.23. The summed E-state index contributed by atoms with van der Waals surface area (Å²) in [5.41, 5.74) is 8.47. The quantitative estimate of drug-likeness (QED) is 0.608. The normalized spacial score (nSPS) is 14.3. The molecule has 1 aliphatic heterocycles. The van der Waals surface area contributed by atoms with E-state index in [1.165, 1.54) is 22.3 Å². The molecule has 4 rings (SSSR count). The average Bonchev–Trinajstić information content (AvgIpc) is 3.20. The summed E-state index contributed by atoms with van der Waals surface area (Å²) >= 11 is 0. The van der Waals surface area contributed by atoms with Gasteiger partial charge in [0.25, 0.3) is 5.91 Å². The van der Waals surface area contributed by atoms with E-state index < -0.39 is 0 Å². The fourth-order valence-corrected chi connectivity index (χ4v) is 3.47. The molecule has 1 aliphatic rings. The summed E-state index contributed by atoms with van der Waals surface area (Å²) in [7, 11) is 0. The number of para-hydroxylation sites is 1. The molecule has 0 saturated heterocycles. The molecule has 5 nitrogen and oxygen atoms in total. The predicted molar refractivity (Wildman–Crippen MR) is 109 cm³/mol. The van der Waals surface area contributed by atoms with Crippen LogP contribution in [-0.4, -0.2) is 16.1 Å². The third-order valence-corrected chi connectivity index (χ3v) is 5.00. The summed E-state index contributed by atoms with van der Waals surface area (Å²) in [5, 5.41) is 13.4. The van der Waals surface area contributed by atoms with Crippen LogP contribution in [0.3, 0.4) is 0 Å². The van der Waals surface area contributed by atoms with Crippen molar-refractivity contribution in [3.63, 3.8) is 0 Å². The molecule has 0 bridgehead atoms. The standard InChI is InChI=1S/C22H22N4O/c1-13-8-14(2)15(3)16(9-13)10-17-11-21(26-25-17)23-12-19-18-6-4-5-7-20(18)24-22(19)27/h4-9,11-12H,10H2,1-3H3,(H,24,27)(H2,23,25,26). The van der Waals surface area contributed by atoms with E-state index >= 15 is 0 Å². The van der Waals surface area contributed by atoms with Gasteiger partial charge in [-0.05, 0) is 43.5 Å². The first-order valence-corrected chi connectivity index (χ1v) is 9.00. The maximum atomic E-state index is 12.2. The minimum atomic E-state index is -0.103. The Morgan fingerprint density at radius 2 is 1.93 bits per heavy atom. The number of H-pyrrole nitrogens is 1. The first kappa shape index (κ1) is 17.1. The second-order valence-electron chi connectivity index (χ2n) is 7.02. The molecule has 0 spiro atoms. The zero-order valence-electron chi connectivity index (χ0n) is 15.7. The van der Waals surface area contributed by atoms with Crippen molar-refractivity contribution in [1.82, 2.24) is 10.2 Å². The molecule has 0 atom stereocenters. The molecule has 27 heavy (non-hydrogen) atoms. The Morgan fingerprint density at radius 1 is 1.11 bits per heavy atom. The van der Waals surface area contributed by atoms with E-state index in [2.05, 4.69) is 53.7 Å². The number of nitrogens with one attached hydrogen (secondary N) is 3. The van der Waals surface area contributed by atoms with Gasteiger partial charge in [0.2, 0.25) is 0 Å². The van der Waals surface area contributed by atoms with Crippen LogP contribution >= 0.6 is 0 Å². The molecule has 0 radical (unpaired) electrons. The summed E-state index contributed by atoms with van der Waals surface area (Å²) in [5.74, 6) is 0.658. The van der Waals surface area contributed by atoms with Gasteiger partial charge in [0, 0.05) is 29.9 Å². The Balaban J connectivity index is 1.52. The summed E-state index contributed by atoms with van der Waals surface area (Å²) in [6.45, 7) is 6.40. The van der Waals surface area contributed by atoms with E-state index in [9.17, 15) is 4.79 Å². The number of carbonyl (C=O) groups excluding carboxylic acids is 1. The number of anilines is 2. The summed E-state index contributed by atoms with van der Waals surface area (Å²) in [4.78, 5) is 12.2. The van der Waals surface area contributed by atoms with Crippen molar-refractivity contribution in [2.24, 2.45) is 0 Å². The van der Waals surface area contributed by atoms with Gasteiger partial charge in [-0.25, -0.2) is 0 Å². The average molecular weight is 358 g/mol. The van der Waals surface area contributed by atoms with Crippen LogP contribution in [0.5, 0.6) is 0 Å². The first-order valence-electron chi connectivity index (χ1n) is 9.00. The van der Waals surface area contributed by atoms with Crippen molar-refractivity contribution in [1.29, 1.82) is 0 Å². The number of hydrogen-bond donors (Lipinski definition) is 3. The first-order chi connectivity index (χ1) is 13.0. The molecule has 1 amide bonds. The SMILES string of the molecule is Cc1cc(C)c(C)c(Cc2cc(NC=C3C(=O)Nc4ccccc43)[nH]n2)c1. The van der Waals surface area contributed by atoms with Gasteiger partial charge in [-0.3, -0.25) is 9.89 Å². The number of aromatic nitrogens is 2. The lowest BCUT2D eigenvalue weighted by Gasteiger charge is -2.09. The van der Waals surface area contributed by atoms with Gasteiger partial charge in [-0.15, -0.1) is 0 Å². The van der Waals surface area contributed by atoms with E-state index in [0.717, 1.165) is 29.2 Å². The Bertz CT molecular complexity index is 1060. The van der Waals surface area contributed by atoms with Crippen molar-refractivity contribution in [3.05, 3.63) is 82.2 Å². The van der Waals surface area contributed by atoms with Crippen LogP contribution in [0.4, 0.5) is 11.5 Å². The fraction of sp³-hybridized carbons (Fsp3) is 0.182. The maximum absolute atomic E-state index is 12.2. The molecule has 3 aromatic rings. The van der Waals surface area contributed by atoms with E-state index in [-0.39, 0.29) is 5.91 Å². The largest absolute Gasteiger partial charge is 0.346 e. The molecular formula is C22H22N4O. The highest BCUT2D eigenvalue weighted by Crippen LogP contribution is 2.31. The van der Waals surface area contributed by atoms with Gasteiger partial charge in [-0.1, -0.05) is 35.9 Å². The number of fused-ring (bicyclic) bond motifs is 1. The fourth-order valence-electron chi connectivity index (χ4n) is 3.47. The van der Waals surface area contributed by atoms with E-state index in [1.807, 2.05) is 30.3 Å². The van der Waals surface area contributed by atoms with Crippen LogP contribution in [0.2, 0.25) is 0 Å². The topological polar surface area (TPSA) is 69.8 Å². The zero-order valence-corrected chi connectivity index (χ0v) is 15.7. The second kappa shape index (κ2) is 6.76. The number of amides is 1. The van der Waals surface area contributed by atoms with Gasteiger partial charge < -0.3 is 10.6 Å². The third-order valence-electron chi connectivity index (χ3n) is 5.00. The van der Waals surface area contributed by atoms with Crippen LogP contribution in [0, 0.1) is 20.8 Å². The minimum absolute atomic E-state index is 0.103. The number of carbonyl (C=O) groups is 1. The van der Waals surface area contributed by atoms with Crippen molar-refractivity contribution in [2.75, 3.05) is 10.6 Å². The second-order valence-corrected chi connectivity index (χ2v) is 7.02. The molecule has 5 heteroatoms. The van der Waals surface area contributed by atoms with Crippen molar-refractivity contribution < 1.29 is 4.79 Å². The van der Waals surface area contributed by atoms with Gasteiger partial charge >= 0.3 is 0 Å². The third kappa shape index (κ3) is 3.36. The van der Waals surface area contributed by atoms with Crippen LogP contribution in [0.1, 0.15) is 33.5 Å². The van der Waals surface area contributed by atoms with E-state index in [1.54, 1.807) is 6.20 Å². The van der Waals surface area contributed by atoms with E-state index in [0.29, 0.717) is 5.57 Å². The predicted octanol–water partition coefficient (Wildman–Crippen LogP) is 4.33. The number of benzene rings is 2. The summed E-state index contributed by atoms with van der Waals surface area (Å²) < 4.78 is 0. The number of rotatable bonds is 4. The van der Waals surface area contributed by atoms with Crippen molar-refractivity contribution >= 4 is 23.0 Å². The molecule has 1 aromatic heterocycles. The Hall–Kier alpha value is -3.34. The molecule has 0 unspecified atom stereocenters. The van der Waals surface area contributed by atoms with Crippen LogP contribution < -0.4 is 10.6 Å². The summed E-state index contributed by atoms with van der Waals surface area (Å²) in [6, 6.07) is 14.1. The number of aryl methyl sites for hydroxylation is 2.